The predicted molar refractivity (Wildman–Crippen MR) is 137 cm³/mol. The van der Waals surface area contributed by atoms with Crippen LogP contribution in [0.4, 0.5) is 0 Å². The van der Waals surface area contributed by atoms with Gasteiger partial charge in [-0.05, 0) is 101 Å². The molecule has 33 heavy (non-hydrogen) atoms. The van der Waals surface area contributed by atoms with Crippen LogP contribution in [0.15, 0.2) is 12.3 Å². The number of fused-ring (bicyclic) bond motifs is 2. The van der Waals surface area contributed by atoms with E-state index in [1.165, 1.54) is 57.8 Å². The van der Waals surface area contributed by atoms with Crippen LogP contribution in [0.1, 0.15) is 91.9 Å². The maximum Gasteiger partial charge on any atom is 0.0884 e. The van der Waals surface area contributed by atoms with Crippen molar-refractivity contribution in [3.05, 3.63) is 12.3 Å². The fourth-order valence-electron chi connectivity index (χ4n) is 8.81. The van der Waals surface area contributed by atoms with Gasteiger partial charge in [0.25, 0.3) is 0 Å². The van der Waals surface area contributed by atoms with Crippen LogP contribution < -0.4 is 0 Å². The second kappa shape index (κ2) is 11.4. The molecule has 4 aliphatic rings. The third kappa shape index (κ3) is 5.19. The molecule has 0 aromatic carbocycles. The smallest absolute Gasteiger partial charge is 0.0884 e. The summed E-state index contributed by atoms with van der Waals surface area (Å²) in [6, 6.07) is 1.35. The molecule has 1 heterocycles. The number of ether oxygens (including phenoxy) is 1. The zero-order chi connectivity index (χ0) is 23.5. The number of aliphatic hydroxyl groups excluding tert-OH is 1. The highest BCUT2D eigenvalue weighted by molar-refractivity contribution is 5.06. The monoisotopic (exact) mass is 460 g/mol. The van der Waals surface area contributed by atoms with E-state index < -0.39 is 0 Å². The first-order chi connectivity index (χ1) is 16.0. The fourth-order valence-corrected chi connectivity index (χ4v) is 8.81. The molecule has 0 bridgehead atoms. The van der Waals surface area contributed by atoms with E-state index >= 15 is 0 Å². The third-order valence-electron chi connectivity index (χ3n) is 10.4. The predicted octanol–water partition coefficient (Wildman–Crippen LogP) is 6.27. The van der Waals surface area contributed by atoms with E-state index in [1.54, 1.807) is 0 Å². The van der Waals surface area contributed by atoms with Crippen LogP contribution >= 0.6 is 0 Å². The van der Waals surface area contributed by atoms with Gasteiger partial charge in [0, 0.05) is 18.0 Å². The van der Waals surface area contributed by atoms with Crippen molar-refractivity contribution in [2.45, 2.75) is 116 Å². The van der Waals surface area contributed by atoms with Crippen molar-refractivity contribution in [1.29, 1.82) is 0 Å². The summed E-state index contributed by atoms with van der Waals surface area (Å²) in [5, 5.41) is 10.6. The number of aliphatic hydroxyl groups is 1. The van der Waals surface area contributed by atoms with Crippen LogP contribution in [-0.4, -0.2) is 65.4 Å². The molecule has 8 atom stereocenters. The van der Waals surface area contributed by atoms with Crippen LogP contribution in [0, 0.1) is 29.6 Å². The largest absolute Gasteiger partial charge is 0.513 e. The lowest BCUT2D eigenvalue weighted by Crippen LogP contribution is -2.58. The molecule has 4 nitrogen and oxygen atoms in total. The van der Waals surface area contributed by atoms with Crippen LogP contribution in [0.3, 0.4) is 0 Å². The molecule has 4 rings (SSSR count). The van der Waals surface area contributed by atoms with Gasteiger partial charge in [-0.25, -0.2) is 0 Å². The summed E-state index contributed by atoms with van der Waals surface area (Å²) in [5.41, 5.74) is 0. The van der Waals surface area contributed by atoms with Crippen molar-refractivity contribution in [1.82, 2.24) is 9.80 Å². The molecule has 0 aromatic heterocycles. The van der Waals surface area contributed by atoms with Crippen molar-refractivity contribution in [3.8, 4) is 0 Å². The molecule has 0 radical (unpaired) electrons. The Morgan fingerprint density at radius 3 is 1.67 bits per heavy atom. The number of hydrogen-bond donors (Lipinski definition) is 1. The lowest BCUT2D eigenvalue weighted by atomic mass is 9.56. The van der Waals surface area contributed by atoms with Gasteiger partial charge in [-0.1, -0.05) is 47.1 Å². The van der Waals surface area contributed by atoms with Gasteiger partial charge < -0.3 is 19.6 Å². The molecule has 0 spiro atoms. The topological polar surface area (TPSA) is 35.9 Å². The maximum absolute atomic E-state index is 10.6. The van der Waals surface area contributed by atoms with Gasteiger partial charge >= 0.3 is 0 Å². The first kappa shape index (κ1) is 25.5. The van der Waals surface area contributed by atoms with E-state index in [9.17, 15) is 5.11 Å². The van der Waals surface area contributed by atoms with E-state index in [2.05, 4.69) is 44.1 Å². The SMILES string of the molecule is C=C(O)C1CCCCC1C1C2CCC(N(CC)CC)CC2OC2CC(N(CC)CC)CCC21. The molecule has 4 heteroatoms. The van der Waals surface area contributed by atoms with Gasteiger partial charge in [-0.2, -0.15) is 0 Å². The molecule has 0 aromatic rings. The molecular weight excluding hydrogens is 408 g/mol. The minimum atomic E-state index is 0.309. The summed E-state index contributed by atoms with van der Waals surface area (Å²) >= 11 is 0. The molecule has 8 unspecified atom stereocenters. The van der Waals surface area contributed by atoms with Crippen LogP contribution in [0.5, 0.6) is 0 Å². The Labute approximate surface area is 204 Å². The molecule has 4 fully saturated rings. The molecule has 3 aliphatic carbocycles. The van der Waals surface area contributed by atoms with Gasteiger partial charge in [-0.15, -0.1) is 0 Å². The molecule has 1 saturated heterocycles. The standard InChI is InChI=1S/C29H52N2O2/c1-6-30(7-2)21-14-16-25-27(18-21)33-28-19-22(31(8-3)9-4)15-17-26(28)29(25)24-13-11-10-12-23(24)20(5)32/h21-29,32H,5-19H2,1-4H3. The average Bonchev–Trinajstić information content (AvgIpc) is 2.84. The summed E-state index contributed by atoms with van der Waals surface area (Å²) in [6.07, 6.45) is 13.5. The second-order valence-electron chi connectivity index (χ2n) is 11.5. The number of allylic oxidation sites excluding steroid dienone is 1. The Balaban J connectivity index is 1.60. The second-order valence-corrected chi connectivity index (χ2v) is 11.5. The normalized spacial score (nSPS) is 41.6. The quantitative estimate of drug-likeness (QED) is 0.433. The van der Waals surface area contributed by atoms with Gasteiger partial charge in [0.15, 0.2) is 0 Å². The molecule has 1 aliphatic heterocycles. The maximum atomic E-state index is 10.6. The van der Waals surface area contributed by atoms with Crippen LogP contribution in [0.25, 0.3) is 0 Å². The van der Waals surface area contributed by atoms with Crippen molar-refractivity contribution in [2.75, 3.05) is 26.2 Å². The zero-order valence-electron chi connectivity index (χ0n) is 22.1. The van der Waals surface area contributed by atoms with E-state index in [0.29, 0.717) is 59.6 Å². The number of hydrogen-bond acceptors (Lipinski definition) is 4. The molecular formula is C29H52N2O2. The van der Waals surface area contributed by atoms with E-state index in [0.717, 1.165) is 32.6 Å². The number of rotatable bonds is 8. The lowest BCUT2D eigenvalue weighted by molar-refractivity contribution is -0.201. The summed E-state index contributed by atoms with van der Waals surface area (Å²) in [4.78, 5) is 5.33. The van der Waals surface area contributed by atoms with Crippen molar-refractivity contribution < 1.29 is 9.84 Å². The summed E-state index contributed by atoms with van der Waals surface area (Å²) in [5.74, 6) is 3.44. The lowest BCUT2D eigenvalue weighted by Gasteiger charge is -2.58. The van der Waals surface area contributed by atoms with Crippen molar-refractivity contribution in [3.63, 3.8) is 0 Å². The Kier molecular flexibility index (Phi) is 8.84. The van der Waals surface area contributed by atoms with Gasteiger partial charge in [0.1, 0.15) is 0 Å². The Morgan fingerprint density at radius 2 is 1.21 bits per heavy atom. The van der Waals surface area contributed by atoms with E-state index in [1.807, 2.05) is 0 Å². The Hall–Kier alpha value is -0.580. The first-order valence-corrected chi connectivity index (χ1v) is 14.5. The van der Waals surface area contributed by atoms with Gasteiger partial charge in [0.05, 0.1) is 18.0 Å². The summed E-state index contributed by atoms with van der Waals surface area (Å²) in [6.45, 7) is 17.9. The fraction of sp³-hybridized carbons (Fsp3) is 0.931. The third-order valence-corrected chi connectivity index (χ3v) is 10.4. The van der Waals surface area contributed by atoms with E-state index in [-0.39, 0.29) is 0 Å². The van der Waals surface area contributed by atoms with Gasteiger partial charge in [-0.3, -0.25) is 0 Å². The Bertz CT molecular complexity index is 595. The van der Waals surface area contributed by atoms with Crippen molar-refractivity contribution >= 4 is 0 Å². The average molecular weight is 461 g/mol. The highest BCUT2D eigenvalue weighted by Crippen LogP contribution is 2.55. The summed E-state index contributed by atoms with van der Waals surface area (Å²) in [7, 11) is 0. The molecule has 190 valence electrons. The molecule has 3 saturated carbocycles. The highest BCUT2D eigenvalue weighted by Gasteiger charge is 2.53. The minimum absolute atomic E-state index is 0.309. The molecule has 0 amide bonds. The minimum Gasteiger partial charge on any atom is -0.513 e. The summed E-state index contributed by atoms with van der Waals surface area (Å²) < 4.78 is 7.11. The van der Waals surface area contributed by atoms with E-state index in [4.69, 9.17) is 4.74 Å². The van der Waals surface area contributed by atoms with Crippen LogP contribution in [0.2, 0.25) is 0 Å². The molecule has 1 N–H and O–H groups in total. The number of nitrogens with zero attached hydrogens (tertiary/aromatic N) is 2. The van der Waals surface area contributed by atoms with Crippen molar-refractivity contribution in [2.24, 2.45) is 29.6 Å². The zero-order valence-corrected chi connectivity index (χ0v) is 22.1. The van der Waals surface area contributed by atoms with Crippen LogP contribution in [-0.2, 0) is 4.74 Å². The highest BCUT2D eigenvalue weighted by atomic mass is 16.5. The first-order valence-electron chi connectivity index (χ1n) is 14.5. The van der Waals surface area contributed by atoms with Gasteiger partial charge in [0.2, 0.25) is 0 Å². The Morgan fingerprint density at radius 1 is 0.727 bits per heavy atom.